The summed E-state index contributed by atoms with van der Waals surface area (Å²) in [4.78, 5) is 0. The number of rotatable bonds is 5. The van der Waals surface area contributed by atoms with Crippen LogP contribution in [0.4, 0.5) is 0 Å². The molecular weight excluding hydrogens is 294 g/mol. The first-order valence-electron chi connectivity index (χ1n) is 8.50. The van der Waals surface area contributed by atoms with Gasteiger partial charge in [-0.2, -0.15) is 11.8 Å². The summed E-state index contributed by atoms with van der Waals surface area (Å²) >= 11 is 2.02. The summed E-state index contributed by atoms with van der Waals surface area (Å²) in [6.07, 6.45) is 7.64. The first kappa shape index (κ1) is 16.0. The third-order valence-corrected chi connectivity index (χ3v) is 5.63. The van der Waals surface area contributed by atoms with E-state index in [1.807, 2.05) is 11.8 Å². The van der Waals surface area contributed by atoms with Gasteiger partial charge in [0.25, 0.3) is 0 Å². The van der Waals surface area contributed by atoms with Crippen LogP contribution in [0.2, 0.25) is 0 Å². The summed E-state index contributed by atoms with van der Waals surface area (Å²) in [7, 11) is 1.74. The lowest BCUT2D eigenvalue weighted by molar-refractivity contribution is 0.184. The van der Waals surface area contributed by atoms with Crippen LogP contribution in [0.5, 0.6) is 11.5 Å². The van der Waals surface area contributed by atoms with Crippen LogP contribution in [0.15, 0.2) is 18.2 Å². The van der Waals surface area contributed by atoms with Gasteiger partial charge in [-0.05, 0) is 67.9 Å². The topological polar surface area (TPSA) is 30.5 Å². The van der Waals surface area contributed by atoms with Gasteiger partial charge in [0.15, 0.2) is 11.5 Å². The summed E-state index contributed by atoms with van der Waals surface area (Å²) in [6.45, 7) is 1.16. The number of hydrogen-bond acceptors (Lipinski definition) is 4. The average Bonchev–Trinajstić information content (AvgIpc) is 2.58. The highest BCUT2D eigenvalue weighted by atomic mass is 32.2. The summed E-state index contributed by atoms with van der Waals surface area (Å²) in [6, 6.07) is 7.06. The van der Waals surface area contributed by atoms with Crippen LogP contribution < -0.4 is 14.8 Å². The van der Waals surface area contributed by atoms with Crippen LogP contribution >= 0.6 is 11.8 Å². The zero-order valence-electron chi connectivity index (χ0n) is 13.5. The molecule has 1 N–H and O–H groups in total. The molecule has 1 aromatic rings. The van der Waals surface area contributed by atoms with E-state index >= 15 is 0 Å². The number of hydrogen-bond donors (Lipinski definition) is 1. The van der Waals surface area contributed by atoms with Crippen molar-refractivity contribution in [3.63, 3.8) is 0 Å². The molecule has 1 atom stereocenters. The Morgan fingerprint density at radius 3 is 2.73 bits per heavy atom. The number of nitrogens with one attached hydrogen (secondary N) is 1. The van der Waals surface area contributed by atoms with Crippen molar-refractivity contribution >= 4 is 11.8 Å². The van der Waals surface area contributed by atoms with Crippen LogP contribution in [0.25, 0.3) is 0 Å². The highest BCUT2D eigenvalue weighted by molar-refractivity contribution is 7.99. The van der Waals surface area contributed by atoms with Crippen LogP contribution in [-0.2, 0) is 6.42 Å². The van der Waals surface area contributed by atoms with Gasteiger partial charge in [0, 0.05) is 6.04 Å². The summed E-state index contributed by atoms with van der Waals surface area (Å²) < 4.78 is 11.7. The quantitative estimate of drug-likeness (QED) is 0.896. The second-order valence-electron chi connectivity index (χ2n) is 6.27. The predicted molar refractivity (Wildman–Crippen MR) is 93.3 cm³/mol. The van der Waals surface area contributed by atoms with Crippen molar-refractivity contribution in [2.24, 2.45) is 0 Å². The second kappa shape index (κ2) is 8.11. The van der Waals surface area contributed by atoms with Crippen molar-refractivity contribution in [1.29, 1.82) is 0 Å². The van der Waals surface area contributed by atoms with Gasteiger partial charge in [0.2, 0.25) is 0 Å². The third-order valence-electron chi connectivity index (χ3n) is 4.58. The van der Waals surface area contributed by atoms with Crippen LogP contribution in [0, 0.1) is 0 Å². The average molecular weight is 321 g/mol. The van der Waals surface area contributed by atoms with E-state index in [-0.39, 0.29) is 0 Å². The summed E-state index contributed by atoms with van der Waals surface area (Å²) in [5.74, 6) is 4.20. The Balaban J connectivity index is 1.64. The molecule has 0 spiro atoms. The normalized spacial score (nSPS) is 23.2. The second-order valence-corrected chi connectivity index (χ2v) is 7.49. The predicted octanol–water partition coefficient (Wildman–Crippen LogP) is 3.65. The standard InChI is InChI=1S/C18H27NO2S/c1-20-18-13-14(12-15-4-2-3-9-19-15)5-6-17(18)21-16-7-10-22-11-8-16/h5-6,13,15-16,19H,2-4,7-12H2,1H3. The first-order valence-corrected chi connectivity index (χ1v) is 9.65. The maximum atomic E-state index is 6.17. The van der Waals surface area contributed by atoms with Crippen molar-refractivity contribution in [1.82, 2.24) is 5.32 Å². The minimum absolute atomic E-state index is 0.348. The first-order chi connectivity index (χ1) is 10.8. The molecule has 0 saturated carbocycles. The molecule has 1 unspecified atom stereocenters. The highest BCUT2D eigenvalue weighted by Gasteiger charge is 2.18. The van der Waals surface area contributed by atoms with Gasteiger partial charge in [0.1, 0.15) is 6.10 Å². The van der Waals surface area contributed by atoms with E-state index in [9.17, 15) is 0 Å². The van der Waals surface area contributed by atoms with Gasteiger partial charge >= 0.3 is 0 Å². The molecule has 122 valence electrons. The Morgan fingerprint density at radius 2 is 2.00 bits per heavy atom. The van der Waals surface area contributed by atoms with E-state index < -0.39 is 0 Å². The SMILES string of the molecule is COc1cc(CC2CCCCN2)ccc1OC1CCSCC1. The van der Waals surface area contributed by atoms with Crippen LogP contribution in [0.1, 0.15) is 37.7 Å². The van der Waals surface area contributed by atoms with Gasteiger partial charge in [-0.3, -0.25) is 0 Å². The number of methoxy groups -OCH3 is 1. The van der Waals surface area contributed by atoms with E-state index in [0.29, 0.717) is 12.1 Å². The molecule has 22 heavy (non-hydrogen) atoms. The largest absolute Gasteiger partial charge is 0.493 e. The monoisotopic (exact) mass is 321 g/mol. The minimum atomic E-state index is 0.348. The Labute approximate surface area is 138 Å². The van der Waals surface area contributed by atoms with Crippen LogP contribution in [0.3, 0.4) is 0 Å². The number of thioether (sulfide) groups is 1. The fourth-order valence-electron chi connectivity index (χ4n) is 3.29. The summed E-state index contributed by atoms with van der Waals surface area (Å²) in [5, 5.41) is 3.61. The molecule has 3 rings (SSSR count). The van der Waals surface area contributed by atoms with Crippen molar-refractivity contribution < 1.29 is 9.47 Å². The molecule has 0 aliphatic carbocycles. The molecule has 4 heteroatoms. The molecule has 0 amide bonds. The maximum absolute atomic E-state index is 6.17. The van der Waals surface area contributed by atoms with Crippen molar-refractivity contribution in [2.75, 3.05) is 25.2 Å². The highest BCUT2D eigenvalue weighted by Crippen LogP contribution is 2.32. The fourth-order valence-corrected chi connectivity index (χ4v) is 4.36. The van der Waals surface area contributed by atoms with Gasteiger partial charge < -0.3 is 14.8 Å². The maximum Gasteiger partial charge on any atom is 0.161 e. The van der Waals surface area contributed by atoms with Crippen LogP contribution in [-0.4, -0.2) is 37.3 Å². The third kappa shape index (κ3) is 4.32. The molecule has 2 heterocycles. The zero-order chi connectivity index (χ0) is 15.2. The molecule has 2 fully saturated rings. The van der Waals surface area contributed by atoms with Crippen molar-refractivity contribution in [3.8, 4) is 11.5 Å². The molecule has 0 aromatic heterocycles. The van der Waals surface area contributed by atoms with Gasteiger partial charge in [-0.15, -0.1) is 0 Å². The lowest BCUT2D eigenvalue weighted by atomic mass is 9.97. The molecule has 3 nitrogen and oxygen atoms in total. The van der Waals surface area contributed by atoms with E-state index in [1.54, 1.807) is 7.11 Å². The van der Waals surface area contributed by atoms with Gasteiger partial charge in [-0.25, -0.2) is 0 Å². The van der Waals surface area contributed by atoms with Gasteiger partial charge in [-0.1, -0.05) is 12.5 Å². The van der Waals surface area contributed by atoms with E-state index in [0.717, 1.165) is 37.3 Å². The smallest absolute Gasteiger partial charge is 0.161 e. The van der Waals surface area contributed by atoms with Gasteiger partial charge in [0.05, 0.1) is 7.11 Å². The molecule has 2 aliphatic heterocycles. The van der Waals surface area contributed by atoms with Crippen molar-refractivity contribution in [3.05, 3.63) is 23.8 Å². The Kier molecular flexibility index (Phi) is 5.90. The zero-order valence-corrected chi connectivity index (χ0v) is 14.3. The number of piperidine rings is 1. The molecule has 0 bridgehead atoms. The summed E-state index contributed by atoms with van der Waals surface area (Å²) in [5.41, 5.74) is 1.34. The Morgan fingerprint density at radius 1 is 1.14 bits per heavy atom. The molecule has 2 aliphatic rings. The Hall–Kier alpha value is -0.870. The van der Waals surface area contributed by atoms with E-state index in [4.69, 9.17) is 9.47 Å². The lowest BCUT2D eigenvalue weighted by Gasteiger charge is -2.25. The lowest BCUT2D eigenvalue weighted by Crippen LogP contribution is -2.35. The van der Waals surface area contributed by atoms with Crippen molar-refractivity contribution in [2.45, 2.75) is 50.7 Å². The minimum Gasteiger partial charge on any atom is -0.493 e. The molecule has 2 saturated heterocycles. The van der Waals surface area contributed by atoms with E-state index in [1.165, 1.54) is 36.3 Å². The fraction of sp³-hybridized carbons (Fsp3) is 0.667. The number of benzene rings is 1. The Bertz CT molecular complexity index is 468. The molecule has 0 radical (unpaired) electrons. The molecule has 1 aromatic carbocycles. The molecular formula is C18H27NO2S. The number of ether oxygens (including phenoxy) is 2. The van der Waals surface area contributed by atoms with E-state index in [2.05, 4.69) is 23.5 Å².